The van der Waals surface area contributed by atoms with E-state index in [-0.39, 0.29) is 5.92 Å². The van der Waals surface area contributed by atoms with Crippen LogP contribution >= 0.6 is 0 Å². The van der Waals surface area contributed by atoms with Gasteiger partial charge in [0.1, 0.15) is 11.5 Å². The standard InChI is InChI=1S/C10H16N2O4/c1-5(2)6(7(11)13)12-8(14)10(3-4-10)9(15)16/h5-6H,3-4H2,1-2H3,(H2,11,13)(H,12,14)(H,15,16). The Morgan fingerprint density at radius 3 is 2.06 bits per heavy atom. The van der Waals surface area contributed by atoms with Gasteiger partial charge in [0.25, 0.3) is 0 Å². The van der Waals surface area contributed by atoms with Crippen LogP contribution in [0, 0.1) is 11.3 Å². The van der Waals surface area contributed by atoms with Crippen LogP contribution in [-0.4, -0.2) is 28.9 Å². The van der Waals surface area contributed by atoms with Gasteiger partial charge in [-0.2, -0.15) is 0 Å². The normalized spacial score (nSPS) is 18.9. The van der Waals surface area contributed by atoms with E-state index in [1.165, 1.54) is 0 Å². The predicted octanol–water partition coefficient (Wildman–Crippen LogP) is -0.523. The molecule has 90 valence electrons. The number of carbonyl (C=O) groups is 3. The summed E-state index contributed by atoms with van der Waals surface area (Å²) in [4.78, 5) is 33.6. The third-order valence-corrected chi connectivity index (χ3v) is 2.85. The molecule has 1 fully saturated rings. The smallest absolute Gasteiger partial charge is 0.319 e. The topological polar surface area (TPSA) is 109 Å². The summed E-state index contributed by atoms with van der Waals surface area (Å²) in [5.41, 5.74) is 3.79. The number of nitrogens with two attached hydrogens (primary N) is 1. The van der Waals surface area contributed by atoms with Gasteiger partial charge in [0.15, 0.2) is 0 Å². The average molecular weight is 228 g/mol. The second kappa shape index (κ2) is 4.11. The first-order valence-corrected chi connectivity index (χ1v) is 5.15. The number of carboxylic acids is 1. The molecular weight excluding hydrogens is 212 g/mol. The molecule has 0 aliphatic heterocycles. The number of primary amides is 1. The van der Waals surface area contributed by atoms with Crippen LogP contribution in [0.4, 0.5) is 0 Å². The van der Waals surface area contributed by atoms with Crippen LogP contribution in [0.2, 0.25) is 0 Å². The molecule has 0 heterocycles. The number of rotatable bonds is 5. The van der Waals surface area contributed by atoms with Crippen molar-refractivity contribution >= 4 is 17.8 Å². The summed E-state index contributed by atoms with van der Waals surface area (Å²) in [5, 5.41) is 11.3. The van der Waals surface area contributed by atoms with E-state index in [9.17, 15) is 14.4 Å². The van der Waals surface area contributed by atoms with Gasteiger partial charge in [-0.05, 0) is 18.8 Å². The highest BCUT2D eigenvalue weighted by Crippen LogP contribution is 2.46. The Bertz CT molecular complexity index is 334. The number of nitrogens with one attached hydrogen (secondary N) is 1. The predicted molar refractivity (Wildman–Crippen MR) is 55.3 cm³/mol. The second-order valence-electron chi connectivity index (χ2n) is 4.48. The average Bonchev–Trinajstić information content (AvgIpc) is 2.92. The summed E-state index contributed by atoms with van der Waals surface area (Å²) in [6.07, 6.45) is 0.634. The Morgan fingerprint density at radius 2 is 1.81 bits per heavy atom. The molecule has 6 heteroatoms. The summed E-state index contributed by atoms with van der Waals surface area (Å²) in [5.74, 6) is -2.56. The quantitative estimate of drug-likeness (QED) is 0.550. The van der Waals surface area contributed by atoms with Gasteiger partial charge >= 0.3 is 5.97 Å². The molecule has 0 aromatic heterocycles. The Morgan fingerprint density at radius 1 is 1.31 bits per heavy atom. The lowest BCUT2D eigenvalue weighted by molar-refractivity contribution is -0.150. The van der Waals surface area contributed by atoms with Gasteiger partial charge in [-0.25, -0.2) is 0 Å². The Hall–Kier alpha value is -1.59. The molecule has 1 unspecified atom stereocenters. The maximum absolute atomic E-state index is 11.7. The van der Waals surface area contributed by atoms with Crippen molar-refractivity contribution in [3.05, 3.63) is 0 Å². The molecule has 1 rings (SSSR count). The van der Waals surface area contributed by atoms with Crippen molar-refractivity contribution in [2.45, 2.75) is 32.7 Å². The lowest BCUT2D eigenvalue weighted by Gasteiger charge is -2.21. The molecule has 0 radical (unpaired) electrons. The largest absolute Gasteiger partial charge is 0.480 e. The maximum atomic E-state index is 11.7. The van der Waals surface area contributed by atoms with Crippen molar-refractivity contribution in [1.82, 2.24) is 5.32 Å². The van der Waals surface area contributed by atoms with E-state index in [2.05, 4.69) is 5.32 Å². The maximum Gasteiger partial charge on any atom is 0.319 e. The van der Waals surface area contributed by atoms with Gasteiger partial charge in [0.05, 0.1) is 0 Å². The molecule has 0 aromatic carbocycles. The number of aliphatic carboxylic acids is 1. The number of hydrogen-bond acceptors (Lipinski definition) is 3. The molecule has 2 amide bonds. The Labute approximate surface area is 93.2 Å². The van der Waals surface area contributed by atoms with Crippen molar-refractivity contribution in [1.29, 1.82) is 0 Å². The zero-order valence-corrected chi connectivity index (χ0v) is 9.32. The fraction of sp³-hybridized carbons (Fsp3) is 0.700. The summed E-state index contributed by atoms with van der Waals surface area (Å²) in [6.45, 7) is 3.46. The van der Waals surface area contributed by atoms with Crippen LogP contribution < -0.4 is 11.1 Å². The van der Waals surface area contributed by atoms with Crippen LogP contribution in [-0.2, 0) is 14.4 Å². The zero-order valence-electron chi connectivity index (χ0n) is 9.32. The van der Waals surface area contributed by atoms with Crippen LogP contribution in [0.1, 0.15) is 26.7 Å². The minimum absolute atomic E-state index is 0.161. The van der Waals surface area contributed by atoms with Crippen molar-refractivity contribution in [3.8, 4) is 0 Å². The first-order chi connectivity index (χ1) is 7.31. The molecule has 1 atom stereocenters. The molecule has 0 saturated heterocycles. The van der Waals surface area contributed by atoms with Crippen molar-refractivity contribution in [2.75, 3.05) is 0 Å². The summed E-state index contributed by atoms with van der Waals surface area (Å²) in [7, 11) is 0. The fourth-order valence-corrected chi connectivity index (χ4v) is 1.51. The summed E-state index contributed by atoms with van der Waals surface area (Å²) < 4.78 is 0. The molecule has 0 bridgehead atoms. The molecule has 16 heavy (non-hydrogen) atoms. The lowest BCUT2D eigenvalue weighted by atomic mass is 10.0. The molecular formula is C10H16N2O4. The highest BCUT2D eigenvalue weighted by molar-refractivity contribution is 6.06. The SMILES string of the molecule is CC(C)C(NC(=O)C1(C(=O)O)CC1)C(N)=O. The number of amides is 2. The van der Waals surface area contributed by atoms with E-state index in [1.54, 1.807) is 13.8 Å². The monoisotopic (exact) mass is 228 g/mol. The van der Waals surface area contributed by atoms with Gasteiger partial charge in [-0.1, -0.05) is 13.8 Å². The van der Waals surface area contributed by atoms with Crippen LogP contribution in [0.3, 0.4) is 0 Å². The second-order valence-corrected chi connectivity index (χ2v) is 4.48. The summed E-state index contributed by atoms with van der Waals surface area (Å²) in [6, 6.07) is -0.815. The van der Waals surface area contributed by atoms with E-state index < -0.39 is 29.2 Å². The van der Waals surface area contributed by atoms with Gasteiger partial charge in [0, 0.05) is 0 Å². The van der Waals surface area contributed by atoms with Crippen molar-refractivity contribution in [3.63, 3.8) is 0 Å². The van der Waals surface area contributed by atoms with E-state index in [0.29, 0.717) is 12.8 Å². The molecule has 0 spiro atoms. The minimum atomic E-state index is -1.33. The first kappa shape index (κ1) is 12.5. The third-order valence-electron chi connectivity index (χ3n) is 2.85. The first-order valence-electron chi connectivity index (χ1n) is 5.15. The minimum Gasteiger partial charge on any atom is -0.480 e. The third kappa shape index (κ3) is 2.15. The molecule has 1 aliphatic carbocycles. The lowest BCUT2D eigenvalue weighted by Crippen LogP contribution is -2.51. The van der Waals surface area contributed by atoms with Gasteiger partial charge in [-0.3, -0.25) is 14.4 Å². The Balaban J connectivity index is 2.70. The molecule has 6 nitrogen and oxygen atoms in total. The van der Waals surface area contributed by atoms with E-state index >= 15 is 0 Å². The number of carbonyl (C=O) groups excluding carboxylic acids is 2. The van der Waals surface area contributed by atoms with Gasteiger partial charge in [-0.15, -0.1) is 0 Å². The number of hydrogen-bond donors (Lipinski definition) is 3. The molecule has 1 aliphatic rings. The van der Waals surface area contributed by atoms with E-state index in [4.69, 9.17) is 10.8 Å². The highest BCUT2D eigenvalue weighted by Gasteiger charge is 2.57. The van der Waals surface area contributed by atoms with Crippen LogP contribution in [0.25, 0.3) is 0 Å². The molecule has 0 aromatic rings. The van der Waals surface area contributed by atoms with Crippen LogP contribution in [0.5, 0.6) is 0 Å². The fourth-order valence-electron chi connectivity index (χ4n) is 1.51. The molecule has 1 saturated carbocycles. The molecule has 4 N–H and O–H groups in total. The van der Waals surface area contributed by atoms with E-state index in [1.807, 2.05) is 0 Å². The van der Waals surface area contributed by atoms with Crippen LogP contribution in [0.15, 0.2) is 0 Å². The highest BCUT2D eigenvalue weighted by atomic mass is 16.4. The number of carboxylic acid groups (broad SMARTS) is 1. The van der Waals surface area contributed by atoms with Gasteiger partial charge < -0.3 is 16.2 Å². The Kier molecular flexibility index (Phi) is 3.21. The zero-order chi connectivity index (χ0) is 12.5. The van der Waals surface area contributed by atoms with Crippen molar-refractivity contribution < 1.29 is 19.5 Å². The summed E-state index contributed by atoms with van der Waals surface area (Å²) >= 11 is 0. The van der Waals surface area contributed by atoms with Gasteiger partial charge in [0.2, 0.25) is 11.8 Å². The van der Waals surface area contributed by atoms with E-state index in [0.717, 1.165) is 0 Å². The van der Waals surface area contributed by atoms with Crippen molar-refractivity contribution in [2.24, 2.45) is 17.1 Å².